The zero-order chi connectivity index (χ0) is 23.0. The fourth-order valence-corrected chi connectivity index (χ4v) is 4.75. The fourth-order valence-electron chi connectivity index (χ4n) is 4.75. The molecular formula is C26H34N4O2. The zero-order valence-electron chi connectivity index (χ0n) is 19.8. The van der Waals surface area contributed by atoms with Gasteiger partial charge in [-0.25, -0.2) is 0 Å². The molecule has 1 fully saturated rings. The first kappa shape index (κ1) is 22.3. The third-order valence-electron chi connectivity index (χ3n) is 6.53. The van der Waals surface area contributed by atoms with Gasteiger partial charge in [-0.1, -0.05) is 18.2 Å². The van der Waals surface area contributed by atoms with Crippen molar-refractivity contribution in [2.45, 2.75) is 45.6 Å². The van der Waals surface area contributed by atoms with E-state index in [1.807, 2.05) is 39.8 Å². The minimum absolute atomic E-state index is 0.0133. The lowest BCUT2D eigenvalue weighted by atomic mass is 9.86. The minimum Gasteiger partial charge on any atom is -0.390 e. The van der Waals surface area contributed by atoms with Crippen LogP contribution in [0.4, 0.5) is 5.69 Å². The van der Waals surface area contributed by atoms with E-state index in [-0.39, 0.29) is 5.91 Å². The largest absolute Gasteiger partial charge is 0.390 e. The van der Waals surface area contributed by atoms with Crippen LogP contribution in [-0.4, -0.2) is 58.9 Å². The van der Waals surface area contributed by atoms with Gasteiger partial charge in [0.15, 0.2) is 0 Å². The normalized spacial score (nSPS) is 15.4. The van der Waals surface area contributed by atoms with E-state index in [0.29, 0.717) is 11.6 Å². The molecule has 1 saturated heterocycles. The molecule has 1 aliphatic rings. The fraction of sp³-hybridized carbons (Fsp3) is 0.462. The molecule has 0 bridgehead atoms. The van der Waals surface area contributed by atoms with Gasteiger partial charge in [0.1, 0.15) is 5.69 Å². The number of aromatic nitrogens is 2. The number of hydrogen-bond donors (Lipinski definition) is 2. The lowest BCUT2D eigenvalue weighted by molar-refractivity contribution is 0.0356. The average Bonchev–Trinajstić information content (AvgIpc) is 3.13. The third kappa shape index (κ3) is 4.65. The highest BCUT2D eigenvalue weighted by Crippen LogP contribution is 2.30. The highest BCUT2D eigenvalue weighted by Gasteiger charge is 2.29. The molecular weight excluding hydrogens is 400 g/mol. The first-order valence-electron chi connectivity index (χ1n) is 11.4. The van der Waals surface area contributed by atoms with Crippen molar-refractivity contribution in [2.24, 2.45) is 5.92 Å². The summed E-state index contributed by atoms with van der Waals surface area (Å²) in [6, 6.07) is 12.7. The molecule has 1 aromatic heterocycles. The number of aliphatic hydroxyl groups is 1. The van der Waals surface area contributed by atoms with Crippen molar-refractivity contribution in [3.63, 3.8) is 0 Å². The van der Waals surface area contributed by atoms with Gasteiger partial charge in [-0.3, -0.25) is 9.89 Å². The second kappa shape index (κ2) is 8.58. The summed E-state index contributed by atoms with van der Waals surface area (Å²) in [6.45, 7) is 7.11. The van der Waals surface area contributed by atoms with Gasteiger partial charge < -0.3 is 14.9 Å². The summed E-state index contributed by atoms with van der Waals surface area (Å²) in [6.07, 6.45) is 2.63. The number of rotatable bonds is 5. The molecule has 170 valence electrons. The first-order valence-corrected chi connectivity index (χ1v) is 11.4. The Morgan fingerprint density at radius 2 is 1.81 bits per heavy atom. The number of nitrogens with one attached hydrogen (secondary N) is 1. The van der Waals surface area contributed by atoms with Crippen LogP contribution in [0.3, 0.4) is 0 Å². The Hall–Kier alpha value is -2.86. The Morgan fingerprint density at radius 1 is 1.16 bits per heavy atom. The molecule has 2 aromatic carbocycles. The summed E-state index contributed by atoms with van der Waals surface area (Å²) in [4.78, 5) is 17.2. The Bertz CT molecular complexity index is 1120. The van der Waals surface area contributed by atoms with Crippen molar-refractivity contribution in [2.75, 3.05) is 32.1 Å². The summed E-state index contributed by atoms with van der Waals surface area (Å²) >= 11 is 0. The van der Waals surface area contributed by atoms with Gasteiger partial charge in [0.05, 0.1) is 11.3 Å². The number of carbonyl (C=O) groups excluding carboxylic acids is 1. The standard InChI is InChI=1S/C26H34N4O2/c1-17-23(21-7-6-20-15-22(29(4)5)9-8-19(20)14-21)27-28-24(17)25(31)30-12-10-18(11-13-30)16-26(2,3)32/h6-9,14-15,18,32H,10-13,16H2,1-5H3,(H,27,28). The maximum absolute atomic E-state index is 13.2. The third-order valence-corrected chi connectivity index (χ3v) is 6.53. The van der Waals surface area contributed by atoms with Crippen molar-refractivity contribution in [1.29, 1.82) is 0 Å². The van der Waals surface area contributed by atoms with E-state index >= 15 is 0 Å². The van der Waals surface area contributed by atoms with Crippen LogP contribution >= 0.6 is 0 Å². The molecule has 1 aliphatic heterocycles. The van der Waals surface area contributed by atoms with Crippen molar-refractivity contribution >= 4 is 22.4 Å². The molecule has 0 atom stereocenters. The van der Waals surface area contributed by atoms with E-state index in [9.17, 15) is 9.90 Å². The summed E-state index contributed by atoms with van der Waals surface area (Å²) < 4.78 is 0. The van der Waals surface area contributed by atoms with E-state index in [1.54, 1.807) is 0 Å². The maximum atomic E-state index is 13.2. The van der Waals surface area contributed by atoms with Crippen LogP contribution < -0.4 is 4.90 Å². The molecule has 3 aromatic rings. The van der Waals surface area contributed by atoms with Crippen LogP contribution in [0.25, 0.3) is 22.0 Å². The molecule has 1 amide bonds. The van der Waals surface area contributed by atoms with Gasteiger partial charge in [-0.2, -0.15) is 5.10 Å². The minimum atomic E-state index is -0.653. The summed E-state index contributed by atoms with van der Waals surface area (Å²) in [5.74, 6) is 0.474. The van der Waals surface area contributed by atoms with Crippen LogP contribution in [0, 0.1) is 12.8 Å². The molecule has 2 N–H and O–H groups in total. The van der Waals surface area contributed by atoms with Crippen molar-refractivity contribution in [3.05, 3.63) is 47.7 Å². The number of benzene rings is 2. The number of amides is 1. The number of piperidine rings is 1. The zero-order valence-corrected chi connectivity index (χ0v) is 19.8. The number of anilines is 1. The Kier molecular flexibility index (Phi) is 5.99. The van der Waals surface area contributed by atoms with Crippen molar-refractivity contribution in [1.82, 2.24) is 15.1 Å². The molecule has 0 aliphatic carbocycles. The number of nitrogens with zero attached hydrogens (tertiary/aromatic N) is 3. The van der Waals surface area contributed by atoms with Crippen LogP contribution in [-0.2, 0) is 0 Å². The van der Waals surface area contributed by atoms with Crippen LogP contribution in [0.2, 0.25) is 0 Å². The van der Waals surface area contributed by atoms with Crippen LogP contribution in [0.1, 0.15) is 49.2 Å². The smallest absolute Gasteiger partial charge is 0.272 e. The van der Waals surface area contributed by atoms with E-state index in [4.69, 9.17) is 0 Å². The second-order valence-electron chi connectivity index (χ2n) is 9.97. The van der Waals surface area contributed by atoms with Gasteiger partial charge in [0.25, 0.3) is 5.91 Å². The molecule has 6 nitrogen and oxygen atoms in total. The molecule has 4 rings (SSSR count). The molecule has 6 heteroatoms. The molecule has 0 spiro atoms. The Labute approximate surface area is 190 Å². The Balaban J connectivity index is 1.51. The Morgan fingerprint density at radius 3 is 2.47 bits per heavy atom. The monoisotopic (exact) mass is 434 g/mol. The SMILES string of the molecule is Cc1c(-c2ccc3cc(N(C)C)ccc3c2)n[nH]c1C(=O)N1CCC(CC(C)(C)O)CC1. The second-order valence-corrected chi connectivity index (χ2v) is 9.97. The number of aromatic amines is 1. The molecule has 32 heavy (non-hydrogen) atoms. The number of fused-ring (bicyclic) bond motifs is 1. The summed E-state index contributed by atoms with van der Waals surface area (Å²) in [5, 5.41) is 19.9. The maximum Gasteiger partial charge on any atom is 0.272 e. The lowest BCUT2D eigenvalue weighted by Crippen LogP contribution is -2.40. The van der Waals surface area contributed by atoms with Gasteiger partial charge in [-0.05, 0) is 74.9 Å². The van der Waals surface area contributed by atoms with Gasteiger partial charge in [-0.15, -0.1) is 0 Å². The van der Waals surface area contributed by atoms with E-state index < -0.39 is 5.60 Å². The average molecular weight is 435 g/mol. The molecule has 2 heterocycles. The van der Waals surface area contributed by atoms with Crippen LogP contribution in [0.5, 0.6) is 0 Å². The number of hydrogen-bond acceptors (Lipinski definition) is 4. The van der Waals surface area contributed by atoms with E-state index in [0.717, 1.165) is 54.6 Å². The molecule has 0 radical (unpaired) electrons. The van der Waals surface area contributed by atoms with E-state index in [1.165, 1.54) is 11.1 Å². The molecule has 0 unspecified atom stereocenters. The summed E-state index contributed by atoms with van der Waals surface area (Å²) in [7, 11) is 4.08. The van der Waals surface area contributed by atoms with Gasteiger partial charge in [0, 0.05) is 44.0 Å². The number of carbonyl (C=O) groups is 1. The first-order chi connectivity index (χ1) is 15.1. The highest BCUT2D eigenvalue weighted by atomic mass is 16.3. The predicted octanol–water partition coefficient (Wildman–Crippen LogP) is 4.62. The van der Waals surface area contributed by atoms with Crippen LogP contribution in [0.15, 0.2) is 36.4 Å². The number of H-pyrrole nitrogens is 1. The highest BCUT2D eigenvalue weighted by molar-refractivity contribution is 5.96. The van der Waals surface area contributed by atoms with Crippen molar-refractivity contribution in [3.8, 4) is 11.3 Å². The van der Waals surface area contributed by atoms with Gasteiger partial charge in [0.2, 0.25) is 0 Å². The summed E-state index contributed by atoms with van der Waals surface area (Å²) in [5.41, 5.74) is 3.80. The van der Waals surface area contributed by atoms with Gasteiger partial charge >= 0.3 is 0 Å². The number of likely N-dealkylation sites (tertiary alicyclic amines) is 1. The lowest BCUT2D eigenvalue weighted by Gasteiger charge is -2.34. The van der Waals surface area contributed by atoms with Crippen molar-refractivity contribution < 1.29 is 9.90 Å². The topological polar surface area (TPSA) is 72.5 Å². The van der Waals surface area contributed by atoms with E-state index in [2.05, 4.69) is 51.5 Å². The quantitative estimate of drug-likeness (QED) is 0.615. The molecule has 0 saturated carbocycles. The predicted molar refractivity (Wildman–Crippen MR) is 130 cm³/mol.